The molecule has 4 heteroatoms. The van der Waals surface area contributed by atoms with E-state index in [1.165, 1.54) is 19.5 Å². The molecule has 0 spiro atoms. The van der Waals surface area contributed by atoms with E-state index in [2.05, 4.69) is 4.90 Å². The first kappa shape index (κ1) is 10.5. The summed E-state index contributed by atoms with van der Waals surface area (Å²) in [5.74, 6) is -0.789. The molecule has 0 aromatic heterocycles. The van der Waals surface area contributed by atoms with Gasteiger partial charge in [-0.1, -0.05) is 0 Å². The van der Waals surface area contributed by atoms with Crippen molar-refractivity contribution < 1.29 is 14.6 Å². The Morgan fingerprint density at radius 1 is 1.38 bits per heavy atom. The van der Waals surface area contributed by atoms with Crippen LogP contribution in [0.25, 0.3) is 0 Å². The summed E-state index contributed by atoms with van der Waals surface area (Å²) in [6.45, 7) is 4.55. The van der Waals surface area contributed by atoms with Crippen molar-refractivity contribution in [3.63, 3.8) is 0 Å². The molecule has 1 heterocycles. The molecule has 0 amide bonds. The van der Waals surface area contributed by atoms with Gasteiger partial charge in [0.05, 0.1) is 13.0 Å². The molecule has 0 unspecified atom stereocenters. The molecule has 1 rings (SSSR count). The first-order chi connectivity index (χ1) is 6.29. The Hall–Kier alpha value is -0.610. The second kappa shape index (κ2) is 5.94. The molecular weight excluding hydrogens is 170 g/mol. The SMILES string of the molecule is O=C(O)CCOCCCN1CCC1. The zero-order valence-electron chi connectivity index (χ0n) is 7.87. The van der Waals surface area contributed by atoms with Crippen molar-refractivity contribution in [2.24, 2.45) is 0 Å². The van der Waals surface area contributed by atoms with Crippen molar-refractivity contribution >= 4 is 5.97 Å². The van der Waals surface area contributed by atoms with Crippen LogP contribution in [0, 0.1) is 0 Å². The van der Waals surface area contributed by atoms with E-state index in [0.29, 0.717) is 13.2 Å². The van der Waals surface area contributed by atoms with Gasteiger partial charge in [0.25, 0.3) is 0 Å². The number of likely N-dealkylation sites (tertiary alicyclic amines) is 1. The van der Waals surface area contributed by atoms with E-state index in [-0.39, 0.29) is 6.42 Å². The molecule has 1 saturated heterocycles. The lowest BCUT2D eigenvalue weighted by Gasteiger charge is -2.30. The lowest BCUT2D eigenvalue weighted by molar-refractivity contribution is -0.138. The third kappa shape index (κ3) is 4.85. The molecule has 0 radical (unpaired) electrons. The van der Waals surface area contributed by atoms with E-state index in [0.717, 1.165) is 13.0 Å². The highest BCUT2D eigenvalue weighted by atomic mass is 16.5. The van der Waals surface area contributed by atoms with Crippen molar-refractivity contribution in [1.82, 2.24) is 4.90 Å². The second-order valence-electron chi connectivity index (χ2n) is 3.30. The number of aliphatic carboxylic acids is 1. The fraction of sp³-hybridized carbons (Fsp3) is 0.889. The van der Waals surface area contributed by atoms with Gasteiger partial charge in [-0.05, 0) is 25.9 Å². The highest BCUT2D eigenvalue weighted by molar-refractivity contribution is 5.66. The maximum absolute atomic E-state index is 10.1. The van der Waals surface area contributed by atoms with Crippen LogP contribution in [-0.4, -0.2) is 48.8 Å². The predicted octanol–water partition coefficient (Wildman–Crippen LogP) is 0.574. The summed E-state index contributed by atoms with van der Waals surface area (Å²) in [5, 5.41) is 8.32. The number of hydrogen-bond donors (Lipinski definition) is 1. The molecule has 4 nitrogen and oxygen atoms in total. The first-order valence-corrected chi connectivity index (χ1v) is 4.81. The number of ether oxygens (including phenoxy) is 1. The van der Waals surface area contributed by atoms with E-state index >= 15 is 0 Å². The third-order valence-corrected chi connectivity index (χ3v) is 2.17. The van der Waals surface area contributed by atoms with Gasteiger partial charge in [-0.25, -0.2) is 0 Å². The van der Waals surface area contributed by atoms with E-state index in [4.69, 9.17) is 9.84 Å². The Balaban J connectivity index is 1.75. The monoisotopic (exact) mass is 187 g/mol. The predicted molar refractivity (Wildman–Crippen MR) is 48.7 cm³/mol. The highest BCUT2D eigenvalue weighted by Gasteiger charge is 2.11. The van der Waals surface area contributed by atoms with Gasteiger partial charge in [0.15, 0.2) is 0 Å². The Morgan fingerprint density at radius 2 is 2.15 bits per heavy atom. The molecule has 13 heavy (non-hydrogen) atoms. The van der Waals surface area contributed by atoms with E-state index in [1.54, 1.807) is 0 Å². The molecule has 1 N–H and O–H groups in total. The number of hydrogen-bond acceptors (Lipinski definition) is 3. The number of carboxylic acids is 1. The molecule has 1 fully saturated rings. The average molecular weight is 187 g/mol. The molecule has 76 valence electrons. The second-order valence-corrected chi connectivity index (χ2v) is 3.30. The van der Waals surface area contributed by atoms with E-state index in [9.17, 15) is 4.79 Å². The van der Waals surface area contributed by atoms with Crippen LogP contribution >= 0.6 is 0 Å². The van der Waals surface area contributed by atoms with Crippen molar-refractivity contribution in [1.29, 1.82) is 0 Å². The average Bonchev–Trinajstić information content (AvgIpc) is 1.99. The molecule has 0 aliphatic carbocycles. The Labute approximate surface area is 78.5 Å². The van der Waals surface area contributed by atoms with Gasteiger partial charge in [-0.2, -0.15) is 0 Å². The Bertz CT molecular complexity index is 157. The fourth-order valence-corrected chi connectivity index (χ4v) is 1.26. The molecule has 0 aromatic rings. The third-order valence-electron chi connectivity index (χ3n) is 2.17. The number of nitrogens with zero attached hydrogens (tertiary/aromatic N) is 1. The minimum atomic E-state index is -0.789. The van der Waals surface area contributed by atoms with Gasteiger partial charge in [0, 0.05) is 13.2 Å². The van der Waals surface area contributed by atoms with Crippen molar-refractivity contribution in [2.75, 3.05) is 32.8 Å². The summed E-state index contributed by atoms with van der Waals surface area (Å²) >= 11 is 0. The number of rotatable bonds is 7. The van der Waals surface area contributed by atoms with Crippen LogP contribution in [0.15, 0.2) is 0 Å². The molecule has 1 aliphatic rings. The normalized spacial score (nSPS) is 16.9. The lowest BCUT2D eigenvalue weighted by Crippen LogP contribution is -2.38. The topological polar surface area (TPSA) is 49.8 Å². The van der Waals surface area contributed by atoms with Crippen molar-refractivity contribution in [2.45, 2.75) is 19.3 Å². The van der Waals surface area contributed by atoms with E-state index < -0.39 is 5.97 Å². The molecule has 1 aliphatic heterocycles. The summed E-state index contributed by atoms with van der Waals surface area (Å²) in [5.41, 5.74) is 0. The zero-order valence-corrected chi connectivity index (χ0v) is 7.87. The maximum atomic E-state index is 10.1. The first-order valence-electron chi connectivity index (χ1n) is 4.81. The van der Waals surface area contributed by atoms with Crippen LogP contribution in [0.4, 0.5) is 0 Å². The van der Waals surface area contributed by atoms with Crippen molar-refractivity contribution in [3.05, 3.63) is 0 Å². The van der Waals surface area contributed by atoms with Crippen LogP contribution < -0.4 is 0 Å². The minimum absolute atomic E-state index is 0.115. The summed E-state index contributed by atoms with van der Waals surface area (Å²) in [7, 11) is 0. The minimum Gasteiger partial charge on any atom is -0.481 e. The standard InChI is InChI=1S/C9H17NO3/c11-9(12)3-8-13-7-2-6-10-4-1-5-10/h1-8H2,(H,11,12). The summed E-state index contributed by atoms with van der Waals surface area (Å²) in [4.78, 5) is 12.5. The van der Waals surface area contributed by atoms with Gasteiger partial charge in [-0.15, -0.1) is 0 Å². The van der Waals surface area contributed by atoms with Crippen LogP contribution in [0.5, 0.6) is 0 Å². The van der Waals surface area contributed by atoms with Crippen molar-refractivity contribution in [3.8, 4) is 0 Å². The number of carboxylic acid groups (broad SMARTS) is 1. The zero-order chi connectivity index (χ0) is 9.52. The summed E-state index contributed by atoms with van der Waals surface area (Å²) in [6.07, 6.45) is 2.45. The quantitative estimate of drug-likeness (QED) is 0.592. The largest absolute Gasteiger partial charge is 0.481 e. The van der Waals surface area contributed by atoms with Gasteiger partial charge in [0.2, 0.25) is 0 Å². The van der Waals surface area contributed by atoms with Gasteiger partial charge in [0.1, 0.15) is 0 Å². The molecular formula is C9H17NO3. The highest BCUT2D eigenvalue weighted by Crippen LogP contribution is 2.05. The Morgan fingerprint density at radius 3 is 2.69 bits per heavy atom. The molecule has 0 saturated carbocycles. The Kier molecular flexibility index (Phi) is 4.78. The molecule has 0 aromatic carbocycles. The summed E-state index contributed by atoms with van der Waals surface area (Å²) < 4.78 is 5.16. The van der Waals surface area contributed by atoms with E-state index in [1.807, 2.05) is 0 Å². The lowest BCUT2D eigenvalue weighted by atomic mass is 10.2. The molecule has 0 bridgehead atoms. The van der Waals surface area contributed by atoms with Crippen LogP contribution in [-0.2, 0) is 9.53 Å². The number of carbonyl (C=O) groups is 1. The fourth-order valence-electron chi connectivity index (χ4n) is 1.26. The maximum Gasteiger partial charge on any atom is 0.305 e. The smallest absolute Gasteiger partial charge is 0.305 e. The summed E-state index contributed by atoms with van der Waals surface area (Å²) in [6, 6.07) is 0. The van der Waals surface area contributed by atoms with Crippen LogP contribution in [0.1, 0.15) is 19.3 Å². The van der Waals surface area contributed by atoms with Gasteiger partial charge < -0.3 is 14.7 Å². The van der Waals surface area contributed by atoms with Crippen LogP contribution in [0.3, 0.4) is 0 Å². The van der Waals surface area contributed by atoms with Gasteiger partial charge in [-0.3, -0.25) is 4.79 Å². The molecule has 0 atom stereocenters. The van der Waals surface area contributed by atoms with Crippen LogP contribution in [0.2, 0.25) is 0 Å². The van der Waals surface area contributed by atoms with Gasteiger partial charge >= 0.3 is 5.97 Å².